The summed E-state index contributed by atoms with van der Waals surface area (Å²) in [6.07, 6.45) is 0. The first-order valence-corrected chi connectivity index (χ1v) is 4.73. The SMILES string of the molecule is [Li+].[c-]1cccc2cc3ccccc3cc12. The first kappa shape index (κ1) is 10.3. The van der Waals surface area contributed by atoms with E-state index in [1.54, 1.807) is 0 Å². The molecule has 0 nitrogen and oxygen atoms in total. The molecule has 3 aromatic rings. The van der Waals surface area contributed by atoms with Gasteiger partial charge < -0.3 is 0 Å². The molecule has 3 aromatic carbocycles. The molecule has 3 rings (SSSR count). The second-order valence-electron chi connectivity index (χ2n) is 3.46. The normalized spacial score (nSPS) is 10.1. The van der Waals surface area contributed by atoms with Crippen molar-refractivity contribution in [3.63, 3.8) is 0 Å². The van der Waals surface area contributed by atoms with E-state index in [4.69, 9.17) is 0 Å². The molecule has 0 aliphatic heterocycles. The van der Waals surface area contributed by atoms with E-state index in [2.05, 4.69) is 48.5 Å². The minimum atomic E-state index is 0. The third-order valence-electron chi connectivity index (χ3n) is 2.53. The standard InChI is InChI=1S/C14H9.Li/c1-2-6-12-10-14-8-4-3-7-13(14)9-11(12)5-1;/h1-7,9-10H;/q-1;+1. The molecule has 0 aliphatic rings. The second-order valence-corrected chi connectivity index (χ2v) is 3.46. The van der Waals surface area contributed by atoms with E-state index in [0.29, 0.717) is 0 Å². The Balaban J connectivity index is 0.000000853. The van der Waals surface area contributed by atoms with Crippen molar-refractivity contribution in [3.05, 3.63) is 60.7 Å². The van der Waals surface area contributed by atoms with Crippen molar-refractivity contribution in [2.45, 2.75) is 0 Å². The van der Waals surface area contributed by atoms with Gasteiger partial charge in [0.25, 0.3) is 0 Å². The van der Waals surface area contributed by atoms with E-state index >= 15 is 0 Å². The average molecular weight is 184 g/mol. The van der Waals surface area contributed by atoms with Crippen molar-refractivity contribution in [3.8, 4) is 0 Å². The van der Waals surface area contributed by atoms with Crippen LogP contribution in [0.2, 0.25) is 0 Å². The Bertz CT molecular complexity index is 494. The van der Waals surface area contributed by atoms with Crippen LogP contribution in [0.5, 0.6) is 0 Å². The van der Waals surface area contributed by atoms with Crippen LogP contribution in [-0.4, -0.2) is 0 Å². The molecule has 0 spiro atoms. The Kier molecular flexibility index (Phi) is 2.82. The van der Waals surface area contributed by atoms with Crippen LogP contribution in [0.4, 0.5) is 0 Å². The van der Waals surface area contributed by atoms with Crippen LogP contribution in [0.1, 0.15) is 0 Å². The summed E-state index contributed by atoms with van der Waals surface area (Å²) in [6, 6.07) is 22.2. The van der Waals surface area contributed by atoms with Crippen LogP contribution in [0, 0.1) is 6.07 Å². The van der Waals surface area contributed by atoms with Gasteiger partial charge in [-0.25, -0.2) is 0 Å². The van der Waals surface area contributed by atoms with Crippen molar-refractivity contribution in [1.29, 1.82) is 0 Å². The summed E-state index contributed by atoms with van der Waals surface area (Å²) in [5.41, 5.74) is 0. The van der Waals surface area contributed by atoms with E-state index in [-0.39, 0.29) is 18.9 Å². The molecule has 0 heterocycles. The van der Waals surface area contributed by atoms with Gasteiger partial charge in [-0.05, 0) is 5.39 Å². The topological polar surface area (TPSA) is 0 Å². The number of fused-ring (bicyclic) bond motifs is 2. The van der Waals surface area contributed by atoms with Gasteiger partial charge in [0.05, 0.1) is 0 Å². The van der Waals surface area contributed by atoms with E-state index in [9.17, 15) is 0 Å². The average Bonchev–Trinajstić information content (AvgIpc) is 2.26. The van der Waals surface area contributed by atoms with Gasteiger partial charge in [0.2, 0.25) is 0 Å². The molecule has 1 heteroatoms. The molecule has 0 saturated carbocycles. The van der Waals surface area contributed by atoms with Gasteiger partial charge >= 0.3 is 18.9 Å². The fourth-order valence-corrected chi connectivity index (χ4v) is 1.81. The fourth-order valence-electron chi connectivity index (χ4n) is 1.81. The minimum absolute atomic E-state index is 0. The number of rotatable bonds is 0. The van der Waals surface area contributed by atoms with Gasteiger partial charge in [0.1, 0.15) is 0 Å². The molecule has 66 valence electrons. The molecular formula is C14H9Li. The predicted molar refractivity (Wildman–Crippen MR) is 60.3 cm³/mol. The van der Waals surface area contributed by atoms with Gasteiger partial charge in [-0.2, -0.15) is 0 Å². The van der Waals surface area contributed by atoms with Crippen LogP contribution in [0.25, 0.3) is 21.5 Å². The Morgan fingerprint density at radius 2 is 1.40 bits per heavy atom. The van der Waals surface area contributed by atoms with Crippen LogP contribution < -0.4 is 18.9 Å². The Morgan fingerprint density at radius 3 is 2.20 bits per heavy atom. The summed E-state index contributed by atoms with van der Waals surface area (Å²) in [4.78, 5) is 0. The molecule has 0 N–H and O–H groups in total. The largest absolute Gasteiger partial charge is 1.00 e. The number of benzene rings is 3. The molecular weight excluding hydrogens is 175 g/mol. The predicted octanol–water partition coefficient (Wildman–Crippen LogP) is 0.797. The van der Waals surface area contributed by atoms with Crippen molar-refractivity contribution in [1.82, 2.24) is 0 Å². The van der Waals surface area contributed by atoms with Crippen molar-refractivity contribution in [2.75, 3.05) is 0 Å². The van der Waals surface area contributed by atoms with Crippen molar-refractivity contribution >= 4 is 21.5 Å². The zero-order valence-electron chi connectivity index (χ0n) is 8.70. The van der Waals surface area contributed by atoms with E-state index in [0.717, 1.165) is 0 Å². The van der Waals surface area contributed by atoms with Gasteiger partial charge in [-0.15, -0.1) is 41.1 Å². The van der Waals surface area contributed by atoms with Gasteiger partial charge in [0.15, 0.2) is 0 Å². The number of hydrogen-bond donors (Lipinski definition) is 0. The van der Waals surface area contributed by atoms with E-state index < -0.39 is 0 Å². The van der Waals surface area contributed by atoms with Crippen LogP contribution in [-0.2, 0) is 0 Å². The molecule has 0 saturated heterocycles. The minimum Gasteiger partial charge on any atom is -0.147 e. The van der Waals surface area contributed by atoms with Gasteiger partial charge in [-0.1, -0.05) is 35.7 Å². The molecule has 15 heavy (non-hydrogen) atoms. The van der Waals surface area contributed by atoms with Crippen LogP contribution in [0.15, 0.2) is 54.6 Å². The Morgan fingerprint density at radius 1 is 0.733 bits per heavy atom. The maximum absolute atomic E-state index is 3.24. The molecule has 0 aromatic heterocycles. The number of hydrogen-bond acceptors (Lipinski definition) is 0. The molecule has 0 radical (unpaired) electrons. The third kappa shape index (κ3) is 1.79. The van der Waals surface area contributed by atoms with Crippen molar-refractivity contribution < 1.29 is 18.9 Å². The maximum atomic E-state index is 3.24. The molecule has 0 amide bonds. The summed E-state index contributed by atoms with van der Waals surface area (Å²) in [6.45, 7) is 0. The van der Waals surface area contributed by atoms with E-state index in [1.807, 2.05) is 12.1 Å². The van der Waals surface area contributed by atoms with Crippen LogP contribution >= 0.6 is 0 Å². The fraction of sp³-hybridized carbons (Fsp3) is 0. The smallest absolute Gasteiger partial charge is 0.147 e. The summed E-state index contributed by atoms with van der Waals surface area (Å²) in [7, 11) is 0. The monoisotopic (exact) mass is 184 g/mol. The summed E-state index contributed by atoms with van der Waals surface area (Å²) in [5.74, 6) is 0. The molecule has 0 unspecified atom stereocenters. The summed E-state index contributed by atoms with van der Waals surface area (Å²) < 4.78 is 0. The first-order chi connectivity index (χ1) is 6.93. The zero-order valence-corrected chi connectivity index (χ0v) is 8.70. The summed E-state index contributed by atoms with van der Waals surface area (Å²) >= 11 is 0. The Hall–Kier alpha value is -1.22. The maximum Gasteiger partial charge on any atom is 1.00 e. The van der Waals surface area contributed by atoms with Gasteiger partial charge in [-0.3, -0.25) is 0 Å². The second kappa shape index (κ2) is 4.11. The van der Waals surface area contributed by atoms with E-state index in [1.165, 1.54) is 21.5 Å². The quantitative estimate of drug-likeness (QED) is 0.275. The van der Waals surface area contributed by atoms with Gasteiger partial charge in [0, 0.05) is 0 Å². The van der Waals surface area contributed by atoms with Crippen molar-refractivity contribution in [2.24, 2.45) is 0 Å². The summed E-state index contributed by atoms with van der Waals surface area (Å²) in [5, 5.41) is 5.01. The zero-order chi connectivity index (χ0) is 9.38. The Labute approximate surface area is 101 Å². The molecule has 0 fully saturated rings. The third-order valence-corrected chi connectivity index (χ3v) is 2.53. The molecule has 0 atom stereocenters. The molecule has 0 aliphatic carbocycles. The first-order valence-electron chi connectivity index (χ1n) is 4.73. The molecule has 0 bridgehead atoms. The van der Waals surface area contributed by atoms with Crippen LogP contribution in [0.3, 0.4) is 0 Å².